The molecular formula is C12H21NO4. The van der Waals surface area contributed by atoms with Crippen molar-refractivity contribution < 1.29 is 19.4 Å². The van der Waals surface area contributed by atoms with Gasteiger partial charge in [-0.2, -0.15) is 0 Å². The molecule has 98 valence electrons. The summed E-state index contributed by atoms with van der Waals surface area (Å²) in [5.74, 6) is -1.11. The van der Waals surface area contributed by atoms with Crippen LogP contribution in [0.25, 0.3) is 0 Å². The van der Waals surface area contributed by atoms with Crippen molar-refractivity contribution in [2.75, 3.05) is 7.11 Å². The van der Waals surface area contributed by atoms with Gasteiger partial charge in [0.15, 0.2) is 0 Å². The zero-order chi connectivity index (χ0) is 12.9. The molecule has 1 amide bonds. The predicted octanol–water partition coefficient (Wildman–Crippen LogP) is 1.32. The fourth-order valence-electron chi connectivity index (χ4n) is 2.15. The third-order valence-corrected chi connectivity index (χ3v) is 3.43. The molecule has 2 N–H and O–H groups in total. The van der Waals surface area contributed by atoms with Gasteiger partial charge in [0.25, 0.3) is 0 Å². The third-order valence-electron chi connectivity index (χ3n) is 3.43. The van der Waals surface area contributed by atoms with E-state index in [0.717, 1.165) is 12.8 Å². The van der Waals surface area contributed by atoms with E-state index in [1.165, 1.54) is 0 Å². The lowest BCUT2D eigenvalue weighted by atomic mass is 9.97. The van der Waals surface area contributed by atoms with E-state index in [4.69, 9.17) is 4.74 Å². The molecule has 0 aromatic heterocycles. The number of ether oxygens (including phenoxy) is 1. The first-order valence-corrected chi connectivity index (χ1v) is 6.07. The molecule has 1 aliphatic rings. The Labute approximate surface area is 102 Å². The molecule has 0 spiro atoms. The SMILES string of the molecule is COC(C)CCC(=O)NC1(C(=O)O)CCCC1. The molecule has 1 unspecified atom stereocenters. The Kier molecular flexibility index (Phi) is 4.93. The summed E-state index contributed by atoms with van der Waals surface area (Å²) in [6.45, 7) is 1.88. The molecule has 0 heterocycles. The van der Waals surface area contributed by atoms with E-state index < -0.39 is 11.5 Å². The minimum Gasteiger partial charge on any atom is -0.480 e. The van der Waals surface area contributed by atoms with Gasteiger partial charge < -0.3 is 15.2 Å². The van der Waals surface area contributed by atoms with E-state index in [-0.39, 0.29) is 12.0 Å². The summed E-state index contributed by atoms with van der Waals surface area (Å²) >= 11 is 0. The number of carbonyl (C=O) groups is 2. The molecule has 1 aliphatic carbocycles. The van der Waals surface area contributed by atoms with E-state index in [9.17, 15) is 14.7 Å². The molecule has 5 heteroatoms. The molecule has 0 aromatic carbocycles. The third kappa shape index (κ3) is 3.70. The molecule has 17 heavy (non-hydrogen) atoms. The van der Waals surface area contributed by atoms with Crippen LogP contribution in [0.3, 0.4) is 0 Å². The molecule has 0 bridgehead atoms. The van der Waals surface area contributed by atoms with Crippen LogP contribution in [0.15, 0.2) is 0 Å². The maximum atomic E-state index is 11.7. The van der Waals surface area contributed by atoms with Crippen LogP contribution in [0.1, 0.15) is 45.4 Å². The van der Waals surface area contributed by atoms with Crippen molar-refractivity contribution in [1.82, 2.24) is 5.32 Å². The monoisotopic (exact) mass is 243 g/mol. The standard InChI is InChI=1S/C12H21NO4/c1-9(17-2)5-6-10(14)13-12(11(15)16)7-3-4-8-12/h9H,3-8H2,1-2H3,(H,13,14)(H,15,16). The number of amides is 1. The maximum Gasteiger partial charge on any atom is 0.329 e. The van der Waals surface area contributed by atoms with Crippen molar-refractivity contribution in [1.29, 1.82) is 0 Å². The van der Waals surface area contributed by atoms with Crippen molar-refractivity contribution in [3.05, 3.63) is 0 Å². The molecule has 0 radical (unpaired) electrons. The van der Waals surface area contributed by atoms with Gasteiger partial charge >= 0.3 is 5.97 Å². The number of hydrogen-bond donors (Lipinski definition) is 2. The molecule has 5 nitrogen and oxygen atoms in total. The number of carboxylic acids is 1. The van der Waals surface area contributed by atoms with E-state index in [1.807, 2.05) is 6.92 Å². The van der Waals surface area contributed by atoms with E-state index >= 15 is 0 Å². The first-order chi connectivity index (χ1) is 8.00. The Bertz CT molecular complexity index is 284. The minimum absolute atomic E-state index is 0.0186. The van der Waals surface area contributed by atoms with Gasteiger partial charge in [-0.25, -0.2) is 4.79 Å². The highest BCUT2D eigenvalue weighted by molar-refractivity contribution is 5.87. The average molecular weight is 243 g/mol. The lowest BCUT2D eigenvalue weighted by Crippen LogP contribution is -2.52. The fourth-order valence-corrected chi connectivity index (χ4v) is 2.15. The second-order valence-corrected chi connectivity index (χ2v) is 4.73. The van der Waals surface area contributed by atoms with Crippen LogP contribution in [-0.4, -0.2) is 35.7 Å². The Morgan fingerprint density at radius 1 is 1.41 bits per heavy atom. The number of hydrogen-bond acceptors (Lipinski definition) is 3. The zero-order valence-electron chi connectivity index (χ0n) is 10.5. The van der Waals surface area contributed by atoms with Gasteiger partial charge in [-0.05, 0) is 26.2 Å². The van der Waals surface area contributed by atoms with Crippen LogP contribution in [-0.2, 0) is 14.3 Å². The first-order valence-electron chi connectivity index (χ1n) is 6.07. The van der Waals surface area contributed by atoms with Gasteiger partial charge in [-0.1, -0.05) is 12.8 Å². The molecule has 1 atom stereocenters. The normalized spacial score (nSPS) is 19.9. The fraction of sp³-hybridized carbons (Fsp3) is 0.833. The van der Waals surface area contributed by atoms with Crippen molar-refractivity contribution in [2.24, 2.45) is 0 Å². The largest absolute Gasteiger partial charge is 0.480 e. The van der Waals surface area contributed by atoms with E-state index in [0.29, 0.717) is 25.7 Å². The van der Waals surface area contributed by atoms with E-state index in [1.54, 1.807) is 7.11 Å². The highest BCUT2D eigenvalue weighted by atomic mass is 16.5. The lowest BCUT2D eigenvalue weighted by Gasteiger charge is -2.25. The second-order valence-electron chi connectivity index (χ2n) is 4.73. The summed E-state index contributed by atoms with van der Waals surface area (Å²) in [7, 11) is 1.60. The van der Waals surface area contributed by atoms with Crippen LogP contribution in [0, 0.1) is 0 Å². The number of carboxylic acid groups (broad SMARTS) is 1. The van der Waals surface area contributed by atoms with Gasteiger partial charge in [0, 0.05) is 13.5 Å². The highest BCUT2D eigenvalue weighted by Crippen LogP contribution is 2.30. The predicted molar refractivity (Wildman–Crippen MR) is 62.7 cm³/mol. The summed E-state index contributed by atoms with van der Waals surface area (Å²) in [5.41, 5.74) is -1.02. The van der Waals surface area contributed by atoms with Gasteiger partial charge in [0.1, 0.15) is 5.54 Å². The number of methoxy groups -OCH3 is 1. The summed E-state index contributed by atoms with van der Waals surface area (Å²) < 4.78 is 5.05. The number of rotatable bonds is 6. The molecule has 0 aromatic rings. The van der Waals surface area contributed by atoms with Crippen molar-refractivity contribution in [3.63, 3.8) is 0 Å². The summed E-state index contributed by atoms with van der Waals surface area (Å²) in [6.07, 6.45) is 3.73. The van der Waals surface area contributed by atoms with Crippen molar-refractivity contribution >= 4 is 11.9 Å². The van der Waals surface area contributed by atoms with Gasteiger partial charge in [-0.15, -0.1) is 0 Å². The van der Waals surface area contributed by atoms with Crippen molar-refractivity contribution in [3.8, 4) is 0 Å². The summed E-state index contributed by atoms with van der Waals surface area (Å²) in [5, 5.41) is 11.9. The van der Waals surface area contributed by atoms with E-state index in [2.05, 4.69) is 5.32 Å². The molecule has 1 fully saturated rings. The van der Waals surface area contributed by atoms with Crippen LogP contribution in [0.4, 0.5) is 0 Å². The summed E-state index contributed by atoms with van der Waals surface area (Å²) in [4.78, 5) is 22.9. The average Bonchev–Trinajstić information content (AvgIpc) is 2.75. The summed E-state index contributed by atoms with van der Waals surface area (Å²) in [6, 6.07) is 0. The Morgan fingerprint density at radius 2 is 2.00 bits per heavy atom. The Morgan fingerprint density at radius 3 is 2.47 bits per heavy atom. The van der Waals surface area contributed by atoms with Crippen molar-refractivity contribution in [2.45, 2.75) is 57.1 Å². The molecule has 1 rings (SSSR count). The molecule has 1 saturated carbocycles. The molecule has 0 saturated heterocycles. The number of nitrogens with one attached hydrogen (secondary N) is 1. The Balaban J connectivity index is 2.45. The van der Waals surface area contributed by atoms with Gasteiger partial charge in [0.2, 0.25) is 5.91 Å². The van der Waals surface area contributed by atoms with Crippen LogP contribution in [0.2, 0.25) is 0 Å². The molecule has 0 aliphatic heterocycles. The van der Waals surface area contributed by atoms with Crippen LogP contribution < -0.4 is 5.32 Å². The Hall–Kier alpha value is -1.10. The zero-order valence-corrected chi connectivity index (χ0v) is 10.5. The number of carbonyl (C=O) groups excluding carboxylic acids is 1. The smallest absolute Gasteiger partial charge is 0.329 e. The minimum atomic E-state index is -1.02. The second kappa shape index (κ2) is 6.00. The van der Waals surface area contributed by atoms with Gasteiger partial charge in [0.05, 0.1) is 6.10 Å². The van der Waals surface area contributed by atoms with Crippen LogP contribution >= 0.6 is 0 Å². The topological polar surface area (TPSA) is 75.6 Å². The van der Waals surface area contributed by atoms with Crippen LogP contribution in [0.5, 0.6) is 0 Å². The molecular weight excluding hydrogens is 222 g/mol. The first kappa shape index (κ1) is 14.0. The number of aliphatic carboxylic acids is 1. The highest BCUT2D eigenvalue weighted by Gasteiger charge is 2.42. The van der Waals surface area contributed by atoms with Gasteiger partial charge in [-0.3, -0.25) is 4.79 Å². The quantitative estimate of drug-likeness (QED) is 0.737. The lowest BCUT2D eigenvalue weighted by molar-refractivity contribution is -0.147. The maximum absolute atomic E-state index is 11.7.